The number of carbonyl (C=O) groups excluding carboxylic acids is 1. The van der Waals surface area contributed by atoms with E-state index in [9.17, 15) is 4.79 Å². The van der Waals surface area contributed by atoms with E-state index in [0.717, 1.165) is 25.7 Å². The molecule has 1 aromatic heterocycles. The van der Waals surface area contributed by atoms with Gasteiger partial charge in [0.2, 0.25) is 0 Å². The van der Waals surface area contributed by atoms with Crippen LogP contribution in [0.25, 0.3) is 0 Å². The number of aromatic nitrogens is 1. The zero-order chi connectivity index (χ0) is 14.9. The molecule has 0 aromatic carbocycles. The lowest BCUT2D eigenvalue weighted by Gasteiger charge is -2.43. The average Bonchev–Trinajstić information content (AvgIpc) is 2.79. The van der Waals surface area contributed by atoms with Gasteiger partial charge in [-0.1, -0.05) is 19.3 Å². The molecule has 1 aliphatic carbocycles. The largest absolute Gasteiger partial charge is 0.458 e. The van der Waals surface area contributed by atoms with Crippen molar-refractivity contribution in [2.24, 2.45) is 7.05 Å². The zero-order valence-corrected chi connectivity index (χ0v) is 12.6. The number of anilines is 1. The van der Waals surface area contributed by atoms with E-state index in [4.69, 9.17) is 15.2 Å². The number of hydrogen-bond acceptors (Lipinski definition) is 4. The van der Waals surface area contributed by atoms with E-state index < -0.39 is 0 Å². The van der Waals surface area contributed by atoms with Gasteiger partial charge in [-0.3, -0.25) is 0 Å². The summed E-state index contributed by atoms with van der Waals surface area (Å²) in [4.78, 5) is 12.3. The van der Waals surface area contributed by atoms with Crippen LogP contribution in [0.3, 0.4) is 0 Å². The van der Waals surface area contributed by atoms with Gasteiger partial charge in [0.05, 0.1) is 17.9 Å². The third kappa shape index (κ3) is 3.07. The second kappa shape index (κ2) is 5.72. The van der Waals surface area contributed by atoms with Crippen molar-refractivity contribution < 1.29 is 14.3 Å². The van der Waals surface area contributed by atoms with Gasteiger partial charge in [-0.2, -0.15) is 0 Å². The minimum atomic E-state index is -0.285. The van der Waals surface area contributed by atoms with Gasteiger partial charge in [0.15, 0.2) is 0 Å². The number of ether oxygens (including phenoxy) is 2. The summed E-state index contributed by atoms with van der Waals surface area (Å²) < 4.78 is 13.5. The molecule has 1 aliphatic heterocycles. The number of carbonyl (C=O) groups is 1. The third-order valence-corrected chi connectivity index (χ3v) is 4.72. The van der Waals surface area contributed by atoms with Gasteiger partial charge < -0.3 is 19.8 Å². The Morgan fingerprint density at radius 1 is 1.43 bits per heavy atom. The molecule has 5 nitrogen and oxygen atoms in total. The van der Waals surface area contributed by atoms with Crippen LogP contribution in [0.4, 0.5) is 5.69 Å². The molecule has 0 radical (unpaired) electrons. The van der Waals surface area contributed by atoms with Crippen molar-refractivity contribution >= 4 is 11.7 Å². The van der Waals surface area contributed by atoms with Crippen LogP contribution in [0.1, 0.15) is 55.4 Å². The summed E-state index contributed by atoms with van der Waals surface area (Å²) in [5, 5.41) is 0. The van der Waals surface area contributed by atoms with Crippen LogP contribution in [-0.4, -0.2) is 28.8 Å². The SMILES string of the molecule is Cn1cc(N)cc1C(=O)OC1CCOC2(CCCCC2)C1. The second-order valence-electron chi connectivity index (χ2n) is 6.38. The molecule has 1 spiro atoms. The average molecular weight is 292 g/mol. The van der Waals surface area contributed by atoms with Crippen LogP contribution in [-0.2, 0) is 16.5 Å². The van der Waals surface area contributed by atoms with E-state index in [-0.39, 0.29) is 17.7 Å². The van der Waals surface area contributed by atoms with Gasteiger partial charge in [-0.15, -0.1) is 0 Å². The fraction of sp³-hybridized carbons (Fsp3) is 0.688. The lowest BCUT2D eigenvalue weighted by atomic mass is 9.79. The first kappa shape index (κ1) is 14.4. The summed E-state index contributed by atoms with van der Waals surface area (Å²) in [6.45, 7) is 0.688. The Balaban J connectivity index is 1.64. The maximum absolute atomic E-state index is 12.3. The van der Waals surface area contributed by atoms with E-state index in [1.807, 2.05) is 0 Å². The van der Waals surface area contributed by atoms with Gasteiger partial charge in [0, 0.05) is 26.1 Å². The normalized spacial score (nSPS) is 24.9. The Labute approximate surface area is 125 Å². The summed E-state index contributed by atoms with van der Waals surface area (Å²) >= 11 is 0. The van der Waals surface area contributed by atoms with Crippen molar-refractivity contribution in [3.05, 3.63) is 18.0 Å². The molecule has 3 rings (SSSR count). The molecule has 5 heteroatoms. The Bertz CT molecular complexity index is 512. The van der Waals surface area contributed by atoms with Crippen LogP contribution in [0, 0.1) is 0 Å². The lowest BCUT2D eigenvalue weighted by molar-refractivity contribution is -0.136. The summed E-state index contributed by atoms with van der Waals surface area (Å²) in [6.07, 6.45) is 9.22. The van der Waals surface area contributed by atoms with Crippen LogP contribution >= 0.6 is 0 Å². The van der Waals surface area contributed by atoms with Gasteiger partial charge in [0.1, 0.15) is 11.8 Å². The molecule has 1 unspecified atom stereocenters. The smallest absolute Gasteiger partial charge is 0.355 e. The highest BCUT2D eigenvalue weighted by Gasteiger charge is 2.40. The van der Waals surface area contributed by atoms with Crippen molar-refractivity contribution in [3.8, 4) is 0 Å². The predicted octanol–water partition coefficient (Wildman–Crippen LogP) is 2.65. The summed E-state index contributed by atoms with van der Waals surface area (Å²) in [5.74, 6) is -0.285. The lowest BCUT2D eigenvalue weighted by Crippen LogP contribution is -2.44. The Hall–Kier alpha value is -1.49. The molecule has 0 bridgehead atoms. The highest BCUT2D eigenvalue weighted by atomic mass is 16.6. The van der Waals surface area contributed by atoms with Gasteiger partial charge >= 0.3 is 5.97 Å². The highest BCUT2D eigenvalue weighted by Crippen LogP contribution is 2.39. The molecule has 1 saturated heterocycles. The quantitative estimate of drug-likeness (QED) is 0.851. The van der Waals surface area contributed by atoms with Gasteiger partial charge in [-0.05, 0) is 18.9 Å². The minimum absolute atomic E-state index is 0.0412. The summed E-state index contributed by atoms with van der Waals surface area (Å²) in [6, 6.07) is 1.66. The molecule has 1 saturated carbocycles. The van der Waals surface area contributed by atoms with E-state index in [1.54, 1.807) is 23.9 Å². The monoisotopic (exact) mass is 292 g/mol. The Morgan fingerprint density at radius 3 is 2.86 bits per heavy atom. The molecule has 0 amide bonds. The first-order valence-electron chi connectivity index (χ1n) is 7.85. The third-order valence-electron chi connectivity index (χ3n) is 4.72. The number of hydrogen-bond donors (Lipinski definition) is 1. The molecule has 21 heavy (non-hydrogen) atoms. The van der Waals surface area contributed by atoms with Gasteiger partial charge in [-0.25, -0.2) is 4.79 Å². The molecule has 1 atom stereocenters. The molecular weight excluding hydrogens is 268 g/mol. The van der Waals surface area contributed by atoms with Crippen LogP contribution in [0.15, 0.2) is 12.3 Å². The first-order chi connectivity index (χ1) is 10.1. The van der Waals surface area contributed by atoms with E-state index >= 15 is 0 Å². The summed E-state index contributed by atoms with van der Waals surface area (Å²) in [7, 11) is 1.81. The van der Waals surface area contributed by atoms with Gasteiger partial charge in [0.25, 0.3) is 0 Å². The predicted molar refractivity (Wildman–Crippen MR) is 80.0 cm³/mol. The van der Waals surface area contributed by atoms with E-state index in [1.165, 1.54) is 19.3 Å². The Kier molecular flexibility index (Phi) is 3.93. The zero-order valence-electron chi connectivity index (χ0n) is 12.6. The van der Waals surface area contributed by atoms with Crippen molar-refractivity contribution in [3.63, 3.8) is 0 Å². The topological polar surface area (TPSA) is 66.5 Å². The molecule has 116 valence electrons. The molecule has 2 N–H and O–H groups in total. The fourth-order valence-corrected chi connectivity index (χ4v) is 3.63. The van der Waals surface area contributed by atoms with E-state index in [2.05, 4.69) is 0 Å². The van der Waals surface area contributed by atoms with Crippen LogP contribution in [0.2, 0.25) is 0 Å². The van der Waals surface area contributed by atoms with E-state index in [0.29, 0.717) is 18.0 Å². The molecule has 2 heterocycles. The molecular formula is C16H24N2O3. The minimum Gasteiger partial charge on any atom is -0.458 e. The molecule has 1 aromatic rings. The Morgan fingerprint density at radius 2 is 2.19 bits per heavy atom. The number of aryl methyl sites for hydroxylation is 1. The number of nitrogen functional groups attached to an aromatic ring is 1. The number of nitrogens with two attached hydrogens (primary N) is 1. The number of esters is 1. The maximum Gasteiger partial charge on any atom is 0.355 e. The fourth-order valence-electron chi connectivity index (χ4n) is 3.63. The second-order valence-corrected chi connectivity index (χ2v) is 6.38. The van der Waals surface area contributed by atoms with Crippen molar-refractivity contribution in [1.29, 1.82) is 0 Å². The van der Waals surface area contributed by atoms with Crippen LogP contribution in [0.5, 0.6) is 0 Å². The number of nitrogens with zero attached hydrogens (tertiary/aromatic N) is 1. The first-order valence-corrected chi connectivity index (χ1v) is 7.85. The molecule has 2 fully saturated rings. The highest BCUT2D eigenvalue weighted by molar-refractivity contribution is 5.89. The number of rotatable bonds is 2. The maximum atomic E-state index is 12.3. The van der Waals surface area contributed by atoms with Crippen molar-refractivity contribution in [1.82, 2.24) is 4.57 Å². The standard InChI is InChI=1S/C16H24N2O3/c1-18-11-12(17)9-14(18)15(19)21-13-5-8-20-16(10-13)6-3-2-4-7-16/h9,11,13H,2-8,10,17H2,1H3. The van der Waals surface area contributed by atoms with Crippen molar-refractivity contribution in [2.45, 2.75) is 56.7 Å². The summed E-state index contributed by atoms with van der Waals surface area (Å²) in [5.41, 5.74) is 6.76. The molecule has 2 aliphatic rings. The van der Waals surface area contributed by atoms with Crippen LogP contribution < -0.4 is 5.73 Å². The van der Waals surface area contributed by atoms with Crippen molar-refractivity contribution in [2.75, 3.05) is 12.3 Å².